The smallest absolute Gasteiger partial charge is 0.376 e. The zero-order valence-corrected chi connectivity index (χ0v) is 26.5. The number of halogens is 3. The lowest BCUT2D eigenvalue weighted by molar-refractivity contribution is -0.137. The summed E-state index contributed by atoms with van der Waals surface area (Å²) >= 11 is 0. The number of carbonyl (C=O) groups excluding carboxylic acids is 1. The van der Waals surface area contributed by atoms with E-state index in [1.165, 1.54) is 69.7 Å². The van der Waals surface area contributed by atoms with E-state index in [2.05, 4.69) is 71.9 Å². The van der Waals surface area contributed by atoms with Crippen molar-refractivity contribution < 1.29 is 18.0 Å². The van der Waals surface area contributed by atoms with Crippen molar-refractivity contribution in [1.29, 1.82) is 0 Å². The van der Waals surface area contributed by atoms with Crippen LogP contribution in [0.4, 0.5) is 13.2 Å². The highest BCUT2D eigenvalue weighted by molar-refractivity contribution is 5.23. The van der Waals surface area contributed by atoms with E-state index in [1.807, 2.05) is 20.6 Å². The van der Waals surface area contributed by atoms with Crippen molar-refractivity contribution in [2.45, 2.75) is 101 Å². The summed E-state index contributed by atoms with van der Waals surface area (Å²) in [7, 11) is 2.20. The number of likely N-dealkylation sites (tertiary alicyclic amines) is 2. The quantitative estimate of drug-likeness (QED) is 0.352. The Labute approximate surface area is 233 Å². The highest BCUT2D eigenvalue weighted by Gasteiger charge is 2.29. The molecule has 2 fully saturated rings. The molecule has 0 spiro atoms. The Morgan fingerprint density at radius 2 is 1.13 bits per heavy atom. The van der Waals surface area contributed by atoms with Gasteiger partial charge in [-0.3, -0.25) is 0 Å². The van der Waals surface area contributed by atoms with Crippen LogP contribution >= 0.6 is 0 Å². The Kier molecular flexibility index (Phi) is 23.6. The van der Waals surface area contributed by atoms with Crippen LogP contribution in [0.25, 0.3) is 0 Å². The molecule has 0 atom stereocenters. The number of allylic oxidation sites excluding steroid dienone is 1. The molecule has 1 aromatic carbocycles. The molecule has 3 nitrogen and oxygen atoms in total. The van der Waals surface area contributed by atoms with Crippen LogP contribution in [0, 0.1) is 24.2 Å². The average molecular weight is 545 g/mol. The van der Waals surface area contributed by atoms with Crippen LogP contribution in [-0.2, 0) is 11.0 Å². The molecule has 0 saturated carbocycles. The molecule has 1 aromatic rings. The summed E-state index contributed by atoms with van der Waals surface area (Å²) in [6.07, 6.45) is 1.26. The highest BCUT2D eigenvalue weighted by atomic mass is 19.4. The van der Waals surface area contributed by atoms with E-state index in [0.29, 0.717) is 5.41 Å². The molecule has 2 heterocycles. The maximum absolute atomic E-state index is 11.9. The number of piperidine rings is 2. The number of aryl methyl sites for hydroxylation is 1. The monoisotopic (exact) mass is 544 g/mol. The molecular weight excluding hydrogens is 485 g/mol. The summed E-state index contributed by atoms with van der Waals surface area (Å²) in [6, 6.07) is 5.05. The molecule has 224 valence electrons. The van der Waals surface area contributed by atoms with E-state index in [1.54, 1.807) is 6.92 Å². The summed E-state index contributed by atoms with van der Waals surface area (Å²) < 4.78 is 35.8. The standard InChI is InChI=1S/C9H17N.C8H7F3.C7H15N.C5H12.C2H6.CH2O/c1-8(2)10-6-4-9(3)5-7-10;1-6-2-4-7(5-3-6)8(9,10)11;1-7-3-5-8(2)6-4-7;1-5(2,3)4;2*1-2/h9H,1,4-7H2,2-3H3;2-5H,1H3;7H,3-6H2,1-2H3;1-4H3;1-2H3;1H2. The number of benzene rings is 1. The largest absolute Gasteiger partial charge is 0.416 e. The lowest BCUT2D eigenvalue weighted by atomic mass is 9.99. The van der Waals surface area contributed by atoms with Crippen LogP contribution in [0.2, 0.25) is 0 Å². The molecule has 0 bridgehead atoms. The summed E-state index contributed by atoms with van der Waals surface area (Å²) in [5.74, 6) is 1.90. The molecular formula is C32H59F3N2O. The van der Waals surface area contributed by atoms with Gasteiger partial charge < -0.3 is 14.6 Å². The van der Waals surface area contributed by atoms with Gasteiger partial charge in [0.25, 0.3) is 0 Å². The Morgan fingerprint density at radius 1 is 0.816 bits per heavy atom. The van der Waals surface area contributed by atoms with Crippen molar-refractivity contribution in [3.05, 3.63) is 47.7 Å². The molecule has 0 N–H and O–H groups in total. The lowest BCUT2D eigenvalue weighted by Crippen LogP contribution is -2.30. The van der Waals surface area contributed by atoms with Gasteiger partial charge in [-0.1, -0.05) is 79.7 Å². The van der Waals surface area contributed by atoms with Crippen LogP contribution in [0.3, 0.4) is 0 Å². The van der Waals surface area contributed by atoms with E-state index in [9.17, 15) is 13.2 Å². The normalized spacial score (nSPS) is 16.3. The fourth-order valence-electron chi connectivity index (χ4n) is 3.27. The lowest BCUT2D eigenvalue weighted by Gasteiger charge is -2.32. The number of hydrogen-bond acceptors (Lipinski definition) is 3. The molecule has 6 heteroatoms. The third kappa shape index (κ3) is 25.8. The second-order valence-corrected chi connectivity index (χ2v) is 11.8. The first kappa shape index (κ1) is 40.7. The minimum absolute atomic E-state index is 0.500. The molecule has 0 radical (unpaired) electrons. The van der Waals surface area contributed by atoms with E-state index in [4.69, 9.17) is 4.79 Å². The first-order valence-corrected chi connectivity index (χ1v) is 14.0. The van der Waals surface area contributed by atoms with E-state index < -0.39 is 11.7 Å². The van der Waals surface area contributed by atoms with Crippen molar-refractivity contribution in [3.63, 3.8) is 0 Å². The first-order valence-electron chi connectivity index (χ1n) is 14.0. The Bertz CT molecular complexity index is 664. The fourth-order valence-corrected chi connectivity index (χ4v) is 3.27. The minimum Gasteiger partial charge on any atom is -0.376 e. The Morgan fingerprint density at radius 3 is 1.39 bits per heavy atom. The van der Waals surface area contributed by atoms with Gasteiger partial charge >= 0.3 is 6.18 Å². The molecule has 0 unspecified atom stereocenters. The topological polar surface area (TPSA) is 23.6 Å². The van der Waals surface area contributed by atoms with E-state index in [-0.39, 0.29) is 0 Å². The van der Waals surface area contributed by atoms with Crippen LogP contribution in [-0.4, -0.2) is 49.8 Å². The van der Waals surface area contributed by atoms with Gasteiger partial charge in [0.2, 0.25) is 0 Å². The van der Waals surface area contributed by atoms with Gasteiger partial charge in [-0.2, -0.15) is 13.2 Å². The highest BCUT2D eigenvalue weighted by Crippen LogP contribution is 2.28. The van der Waals surface area contributed by atoms with Gasteiger partial charge in [0, 0.05) is 18.8 Å². The maximum Gasteiger partial charge on any atom is 0.416 e. The van der Waals surface area contributed by atoms with Gasteiger partial charge in [-0.15, -0.1) is 0 Å². The van der Waals surface area contributed by atoms with Crippen molar-refractivity contribution >= 4 is 6.79 Å². The summed E-state index contributed by atoms with van der Waals surface area (Å²) in [5, 5.41) is 0. The summed E-state index contributed by atoms with van der Waals surface area (Å²) in [6.45, 7) is 32.2. The average Bonchev–Trinajstić information content (AvgIpc) is 2.83. The zero-order chi connectivity index (χ0) is 30.5. The number of nitrogens with zero attached hydrogens (tertiary/aromatic N) is 2. The van der Waals surface area contributed by atoms with Gasteiger partial charge in [0.05, 0.1) is 5.56 Å². The summed E-state index contributed by atoms with van der Waals surface area (Å²) in [5.41, 5.74) is 1.97. The predicted molar refractivity (Wildman–Crippen MR) is 160 cm³/mol. The Hall–Kier alpha value is -1.82. The fraction of sp³-hybridized carbons (Fsp3) is 0.719. The second-order valence-electron chi connectivity index (χ2n) is 11.8. The van der Waals surface area contributed by atoms with Gasteiger partial charge in [-0.25, -0.2) is 0 Å². The Balaban J connectivity index is -0.000000423. The maximum atomic E-state index is 11.9. The number of rotatable bonds is 1. The van der Waals surface area contributed by atoms with Crippen molar-refractivity contribution in [1.82, 2.24) is 9.80 Å². The van der Waals surface area contributed by atoms with Crippen LogP contribution in [0.1, 0.15) is 99.1 Å². The molecule has 2 aliphatic heterocycles. The third-order valence-corrected chi connectivity index (χ3v) is 5.71. The second kappa shape index (κ2) is 22.0. The van der Waals surface area contributed by atoms with E-state index >= 15 is 0 Å². The number of carbonyl (C=O) groups is 1. The number of hydrogen-bond donors (Lipinski definition) is 0. The van der Waals surface area contributed by atoms with Crippen LogP contribution < -0.4 is 0 Å². The van der Waals surface area contributed by atoms with Crippen molar-refractivity contribution in [2.75, 3.05) is 33.2 Å². The predicted octanol–water partition coefficient (Wildman–Crippen LogP) is 9.51. The molecule has 0 aliphatic carbocycles. The van der Waals surface area contributed by atoms with Crippen molar-refractivity contribution in [2.24, 2.45) is 17.3 Å². The SMILES string of the molecule is C=C(C)N1CCC(C)CC1.C=O.CC.CC(C)(C)C.CC1CCN(C)CC1.Cc1ccc(C(F)(F)F)cc1. The zero-order valence-electron chi connectivity index (χ0n) is 26.5. The molecule has 2 saturated heterocycles. The molecule has 3 rings (SSSR count). The summed E-state index contributed by atoms with van der Waals surface area (Å²) in [4.78, 5) is 12.8. The molecule has 38 heavy (non-hydrogen) atoms. The van der Waals surface area contributed by atoms with E-state index in [0.717, 1.165) is 29.5 Å². The molecule has 0 amide bonds. The van der Waals surface area contributed by atoms with Crippen LogP contribution in [0.5, 0.6) is 0 Å². The van der Waals surface area contributed by atoms with Crippen molar-refractivity contribution in [3.8, 4) is 0 Å². The van der Waals surface area contributed by atoms with Gasteiger partial charge in [0.15, 0.2) is 0 Å². The van der Waals surface area contributed by atoms with Gasteiger partial charge in [0.1, 0.15) is 6.79 Å². The molecule has 0 aromatic heterocycles. The van der Waals surface area contributed by atoms with Gasteiger partial charge in [-0.05, 0) is 89.1 Å². The minimum atomic E-state index is -4.21. The third-order valence-electron chi connectivity index (χ3n) is 5.71. The number of alkyl halides is 3. The first-order chi connectivity index (χ1) is 17.5. The van der Waals surface area contributed by atoms with Crippen LogP contribution in [0.15, 0.2) is 36.5 Å². The molecule has 2 aliphatic rings.